The van der Waals surface area contributed by atoms with Gasteiger partial charge in [0.2, 0.25) is 0 Å². The maximum absolute atomic E-state index is 3.66. The molecule has 1 N–H and O–H groups in total. The summed E-state index contributed by atoms with van der Waals surface area (Å²) in [5.41, 5.74) is 3.03. The van der Waals surface area contributed by atoms with Gasteiger partial charge in [-0.3, -0.25) is 0 Å². The molecule has 0 radical (unpaired) electrons. The van der Waals surface area contributed by atoms with Gasteiger partial charge >= 0.3 is 0 Å². The molecule has 2 rings (SSSR count). The molecule has 1 aliphatic heterocycles. The van der Waals surface area contributed by atoms with E-state index in [-0.39, 0.29) is 0 Å². The quantitative estimate of drug-likeness (QED) is 0.859. The molecule has 0 amide bonds. The Hall–Kier alpha value is -0.860. The fraction of sp³-hybridized carbons (Fsp3) is 0.625. The van der Waals surface area contributed by atoms with Crippen LogP contribution in [-0.2, 0) is 6.42 Å². The van der Waals surface area contributed by atoms with Crippen LogP contribution in [0.5, 0.6) is 0 Å². The Morgan fingerprint density at radius 1 is 1.39 bits per heavy atom. The number of hydrogen-bond donors (Lipinski definition) is 1. The molecular weight excluding hydrogens is 220 g/mol. The van der Waals surface area contributed by atoms with Gasteiger partial charge in [0.1, 0.15) is 0 Å². The third-order valence-corrected chi connectivity index (χ3v) is 4.15. The van der Waals surface area contributed by atoms with Crippen LogP contribution < -0.4 is 5.32 Å². The van der Waals surface area contributed by atoms with Crippen molar-refractivity contribution in [3.05, 3.63) is 35.4 Å². The normalized spacial score (nSPS) is 20.8. The zero-order chi connectivity index (χ0) is 13.0. The smallest absolute Gasteiger partial charge is 0.0452 e. The summed E-state index contributed by atoms with van der Waals surface area (Å²) in [6, 6.07) is 10.0. The lowest BCUT2D eigenvalue weighted by atomic mass is 9.94. The summed E-state index contributed by atoms with van der Waals surface area (Å²) < 4.78 is 0. The first-order chi connectivity index (χ1) is 8.72. The lowest BCUT2D eigenvalue weighted by Gasteiger charge is -2.33. The van der Waals surface area contributed by atoms with Gasteiger partial charge in [0.05, 0.1) is 0 Å². The first-order valence-electron chi connectivity index (χ1n) is 7.23. The molecule has 18 heavy (non-hydrogen) atoms. The van der Waals surface area contributed by atoms with E-state index >= 15 is 0 Å². The van der Waals surface area contributed by atoms with Gasteiger partial charge in [0.15, 0.2) is 0 Å². The number of nitrogens with one attached hydrogen (secondary N) is 1. The molecular formula is C16H26N2. The molecule has 1 aliphatic rings. The van der Waals surface area contributed by atoms with Gasteiger partial charge in [-0.05, 0) is 44.5 Å². The summed E-state index contributed by atoms with van der Waals surface area (Å²) in [6.07, 6.45) is 3.71. The minimum atomic E-state index is 0.499. The van der Waals surface area contributed by atoms with Crippen LogP contribution in [0.2, 0.25) is 0 Å². The van der Waals surface area contributed by atoms with E-state index in [1.807, 2.05) is 0 Å². The maximum Gasteiger partial charge on any atom is 0.0452 e. The van der Waals surface area contributed by atoms with Crippen molar-refractivity contribution < 1.29 is 0 Å². The van der Waals surface area contributed by atoms with Crippen LogP contribution in [0, 0.1) is 0 Å². The molecule has 2 heteroatoms. The molecule has 1 aromatic carbocycles. The standard InChI is InChI=1S/C16H26N2/c1-4-7-13(2)18(3)12-16-15-9-6-5-8-14(15)10-11-17-16/h5-6,8-9,13,16-17H,4,7,10-12H2,1-3H3. The predicted molar refractivity (Wildman–Crippen MR) is 77.9 cm³/mol. The highest BCUT2D eigenvalue weighted by molar-refractivity contribution is 5.32. The van der Waals surface area contributed by atoms with Crippen LogP contribution >= 0.6 is 0 Å². The molecule has 0 aliphatic carbocycles. The summed E-state index contributed by atoms with van der Waals surface area (Å²) in [5, 5.41) is 3.66. The van der Waals surface area contributed by atoms with Gasteiger partial charge in [-0.25, -0.2) is 0 Å². The van der Waals surface area contributed by atoms with Crippen molar-refractivity contribution in [2.75, 3.05) is 20.1 Å². The number of rotatable bonds is 5. The van der Waals surface area contributed by atoms with Crippen molar-refractivity contribution in [2.24, 2.45) is 0 Å². The van der Waals surface area contributed by atoms with Crippen molar-refractivity contribution in [2.45, 2.75) is 45.2 Å². The number of hydrogen-bond acceptors (Lipinski definition) is 2. The molecule has 0 bridgehead atoms. The molecule has 100 valence electrons. The van der Waals surface area contributed by atoms with E-state index in [1.54, 1.807) is 0 Å². The van der Waals surface area contributed by atoms with Crippen molar-refractivity contribution >= 4 is 0 Å². The van der Waals surface area contributed by atoms with Gasteiger partial charge in [-0.1, -0.05) is 37.6 Å². The van der Waals surface area contributed by atoms with E-state index in [0.717, 1.165) is 13.1 Å². The monoisotopic (exact) mass is 246 g/mol. The van der Waals surface area contributed by atoms with Crippen LogP contribution in [-0.4, -0.2) is 31.1 Å². The maximum atomic E-state index is 3.66. The molecule has 0 spiro atoms. The van der Waals surface area contributed by atoms with E-state index < -0.39 is 0 Å². The topological polar surface area (TPSA) is 15.3 Å². The van der Waals surface area contributed by atoms with E-state index in [2.05, 4.69) is 55.4 Å². The second kappa shape index (κ2) is 6.35. The molecule has 0 saturated carbocycles. The van der Waals surface area contributed by atoms with Crippen molar-refractivity contribution in [3.63, 3.8) is 0 Å². The average Bonchev–Trinajstić information content (AvgIpc) is 2.39. The highest BCUT2D eigenvalue weighted by atomic mass is 15.1. The number of fused-ring (bicyclic) bond motifs is 1. The lowest BCUT2D eigenvalue weighted by molar-refractivity contribution is 0.216. The zero-order valence-electron chi connectivity index (χ0n) is 11.9. The van der Waals surface area contributed by atoms with Crippen LogP contribution in [0.3, 0.4) is 0 Å². The highest BCUT2D eigenvalue weighted by Crippen LogP contribution is 2.23. The summed E-state index contributed by atoms with van der Waals surface area (Å²) in [4.78, 5) is 2.49. The third-order valence-electron chi connectivity index (χ3n) is 4.15. The summed E-state index contributed by atoms with van der Waals surface area (Å²) in [6.45, 7) is 6.81. The van der Waals surface area contributed by atoms with Gasteiger partial charge in [-0.15, -0.1) is 0 Å². The van der Waals surface area contributed by atoms with Crippen molar-refractivity contribution in [1.82, 2.24) is 10.2 Å². The Morgan fingerprint density at radius 3 is 2.94 bits per heavy atom. The Kier molecular flexibility index (Phi) is 4.79. The number of nitrogens with zero attached hydrogens (tertiary/aromatic N) is 1. The van der Waals surface area contributed by atoms with Gasteiger partial charge in [0, 0.05) is 18.6 Å². The van der Waals surface area contributed by atoms with Crippen molar-refractivity contribution in [1.29, 1.82) is 0 Å². The second-order valence-electron chi connectivity index (χ2n) is 5.53. The van der Waals surface area contributed by atoms with E-state index in [4.69, 9.17) is 0 Å². The predicted octanol–water partition coefficient (Wildman–Crippen LogP) is 2.99. The first-order valence-corrected chi connectivity index (χ1v) is 7.23. The molecule has 2 unspecified atom stereocenters. The van der Waals surface area contributed by atoms with Gasteiger partial charge < -0.3 is 10.2 Å². The average molecular weight is 246 g/mol. The fourth-order valence-corrected chi connectivity index (χ4v) is 2.86. The SMILES string of the molecule is CCCC(C)N(C)CC1NCCc2ccccc21. The first kappa shape index (κ1) is 13.6. The molecule has 0 aromatic heterocycles. The molecule has 1 heterocycles. The Labute approximate surface area is 111 Å². The minimum absolute atomic E-state index is 0.499. The van der Waals surface area contributed by atoms with Crippen LogP contribution in [0.25, 0.3) is 0 Å². The van der Waals surface area contributed by atoms with Gasteiger partial charge in [-0.2, -0.15) is 0 Å². The Morgan fingerprint density at radius 2 is 2.17 bits per heavy atom. The molecule has 0 fully saturated rings. The largest absolute Gasteiger partial charge is 0.309 e. The van der Waals surface area contributed by atoms with Crippen LogP contribution in [0.15, 0.2) is 24.3 Å². The third kappa shape index (κ3) is 3.12. The molecule has 0 saturated heterocycles. The number of likely N-dealkylation sites (N-methyl/N-ethyl adjacent to an activating group) is 1. The Bertz CT molecular complexity index is 375. The summed E-state index contributed by atoms with van der Waals surface area (Å²) in [5.74, 6) is 0. The molecule has 1 aromatic rings. The van der Waals surface area contributed by atoms with Crippen LogP contribution in [0.1, 0.15) is 43.9 Å². The summed E-state index contributed by atoms with van der Waals surface area (Å²) in [7, 11) is 2.25. The van der Waals surface area contributed by atoms with E-state index in [0.29, 0.717) is 12.1 Å². The van der Waals surface area contributed by atoms with Crippen LogP contribution in [0.4, 0.5) is 0 Å². The molecule has 2 atom stereocenters. The highest BCUT2D eigenvalue weighted by Gasteiger charge is 2.21. The second-order valence-corrected chi connectivity index (χ2v) is 5.53. The summed E-state index contributed by atoms with van der Waals surface area (Å²) >= 11 is 0. The Balaban J connectivity index is 2.02. The number of benzene rings is 1. The fourth-order valence-electron chi connectivity index (χ4n) is 2.86. The van der Waals surface area contributed by atoms with Crippen molar-refractivity contribution in [3.8, 4) is 0 Å². The lowest BCUT2D eigenvalue weighted by Crippen LogP contribution is -2.40. The van der Waals surface area contributed by atoms with E-state index in [9.17, 15) is 0 Å². The zero-order valence-corrected chi connectivity index (χ0v) is 11.9. The van der Waals surface area contributed by atoms with E-state index in [1.165, 1.54) is 30.4 Å². The molecule has 2 nitrogen and oxygen atoms in total. The minimum Gasteiger partial charge on any atom is -0.309 e. The van der Waals surface area contributed by atoms with Gasteiger partial charge in [0.25, 0.3) is 0 Å².